The van der Waals surface area contributed by atoms with Crippen LogP contribution in [-0.4, -0.2) is 35.2 Å². The maximum Gasteiger partial charge on any atom is 0.223 e. The second-order valence-electron chi connectivity index (χ2n) is 8.48. The average molecular weight is 433 g/mol. The van der Waals surface area contributed by atoms with Crippen molar-refractivity contribution >= 4 is 11.7 Å². The Morgan fingerprint density at radius 2 is 1.75 bits per heavy atom. The SMILES string of the molecule is CC(CCc1ccccc1)NC(=O)C1CCN(c2ccc(-c3ccc(F)cc3)nn2)CC1. The predicted molar refractivity (Wildman–Crippen MR) is 125 cm³/mol. The van der Waals surface area contributed by atoms with E-state index >= 15 is 0 Å². The Morgan fingerprint density at radius 1 is 1.03 bits per heavy atom. The zero-order valence-electron chi connectivity index (χ0n) is 18.4. The van der Waals surface area contributed by atoms with Crippen LogP contribution in [0.15, 0.2) is 66.7 Å². The lowest BCUT2D eigenvalue weighted by atomic mass is 9.95. The first kappa shape index (κ1) is 21.9. The molecule has 1 aliphatic heterocycles. The third-order valence-electron chi connectivity index (χ3n) is 6.08. The quantitative estimate of drug-likeness (QED) is 0.591. The molecule has 1 N–H and O–H groups in total. The van der Waals surface area contributed by atoms with Gasteiger partial charge in [0.05, 0.1) is 5.69 Å². The van der Waals surface area contributed by atoms with Gasteiger partial charge >= 0.3 is 0 Å². The normalized spacial score (nSPS) is 15.4. The summed E-state index contributed by atoms with van der Waals surface area (Å²) in [6.45, 7) is 3.64. The molecule has 0 radical (unpaired) electrons. The standard InChI is InChI=1S/C26H29FN4O/c1-19(7-8-20-5-3-2-4-6-20)28-26(32)22-15-17-31(18-16-22)25-14-13-24(29-30-25)21-9-11-23(27)12-10-21/h2-6,9-14,19,22H,7-8,15-18H2,1H3,(H,28,32). The van der Waals surface area contributed by atoms with E-state index in [1.807, 2.05) is 30.3 Å². The van der Waals surface area contributed by atoms with Crippen molar-refractivity contribution in [2.24, 2.45) is 5.92 Å². The van der Waals surface area contributed by atoms with Gasteiger partial charge < -0.3 is 10.2 Å². The van der Waals surface area contributed by atoms with Crippen molar-refractivity contribution < 1.29 is 9.18 Å². The Morgan fingerprint density at radius 3 is 2.41 bits per heavy atom. The summed E-state index contributed by atoms with van der Waals surface area (Å²) >= 11 is 0. The van der Waals surface area contributed by atoms with Gasteiger partial charge in [0, 0.05) is 30.6 Å². The van der Waals surface area contributed by atoms with E-state index < -0.39 is 0 Å². The van der Waals surface area contributed by atoms with E-state index in [1.165, 1.54) is 17.7 Å². The van der Waals surface area contributed by atoms with Gasteiger partial charge in [0.1, 0.15) is 5.82 Å². The predicted octanol–water partition coefficient (Wildman–Crippen LogP) is 4.64. The van der Waals surface area contributed by atoms with Crippen LogP contribution in [-0.2, 0) is 11.2 Å². The lowest BCUT2D eigenvalue weighted by molar-refractivity contribution is -0.126. The lowest BCUT2D eigenvalue weighted by Crippen LogP contribution is -2.43. The molecule has 2 heterocycles. The minimum atomic E-state index is -0.268. The summed E-state index contributed by atoms with van der Waals surface area (Å²) in [5, 5.41) is 11.8. The Labute approximate surface area is 188 Å². The number of hydrogen-bond donors (Lipinski definition) is 1. The molecule has 1 aliphatic rings. The fourth-order valence-electron chi connectivity index (χ4n) is 4.10. The zero-order valence-corrected chi connectivity index (χ0v) is 18.4. The first-order valence-electron chi connectivity index (χ1n) is 11.3. The van der Waals surface area contributed by atoms with Crippen molar-refractivity contribution in [1.82, 2.24) is 15.5 Å². The summed E-state index contributed by atoms with van der Waals surface area (Å²) in [6.07, 6.45) is 3.51. The Hall–Kier alpha value is -3.28. The minimum Gasteiger partial charge on any atom is -0.355 e. The van der Waals surface area contributed by atoms with Crippen LogP contribution in [0.2, 0.25) is 0 Å². The van der Waals surface area contributed by atoms with Crippen LogP contribution in [0.4, 0.5) is 10.2 Å². The summed E-state index contributed by atoms with van der Waals surface area (Å²) < 4.78 is 13.1. The number of carbonyl (C=O) groups is 1. The molecule has 1 atom stereocenters. The summed E-state index contributed by atoms with van der Waals surface area (Å²) in [5.74, 6) is 0.738. The molecular formula is C26H29FN4O. The smallest absolute Gasteiger partial charge is 0.223 e. The minimum absolute atomic E-state index is 0.0388. The number of piperidine rings is 1. The highest BCUT2D eigenvalue weighted by atomic mass is 19.1. The van der Waals surface area contributed by atoms with Crippen molar-refractivity contribution in [2.75, 3.05) is 18.0 Å². The van der Waals surface area contributed by atoms with Gasteiger partial charge in [-0.1, -0.05) is 30.3 Å². The lowest BCUT2D eigenvalue weighted by Gasteiger charge is -2.32. The molecule has 2 aromatic carbocycles. The third-order valence-corrected chi connectivity index (χ3v) is 6.08. The van der Waals surface area contributed by atoms with E-state index in [0.29, 0.717) is 5.69 Å². The number of aromatic nitrogens is 2. The maximum atomic E-state index is 13.1. The van der Waals surface area contributed by atoms with E-state index in [1.54, 1.807) is 12.1 Å². The number of nitrogens with one attached hydrogen (secondary N) is 1. The van der Waals surface area contributed by atoms with Crippen molar-refractivity contribution in [2.45, 2.75) is 38.6 Å². The summed E-state index contributed by atoms with van der Waals surface area (Å²) in [4.78, 5) is 14.9. The number of aryl methyl sites for hydroxylation is 1. The van der Waals surface area contributed by atoms with Crippen molar-refractivity contribution in [3.05, 3.63) is 78.1 Å². The fourth-order valence-corrected chi connectivity index (χ4v) is 4.10. The van der Waals surface area contributed by atoms with Gasteiger partial charge in [-0.2, -0.15) is 0 Å². The van der Waals surface area contributed by atoms with Gasteiger partial charge in [0.2, 0.25) is 5.91 Å². The molecule has 1 aromatic heterocycles. The molecule has 1 amide bonds. The third kappa shape index (κ3) is 5.69. The number of nitrogens with zero attached hydrogens (tertiary/aromatic N) is 3. The zero-order chi connectivity index (χ0) is 22.3. The van der Waals surface area contributed by atoms with Gasteiger partial charge in [0.15, 0.2) is 5.82 Å². The maximum absolute atomic E-state index is 13.1. The molecule has 1 unspecified atom stereocenters. The first-order chi connectivity index (χ1) is 15.6. The average Bonchev–Trinajstić information content (AvgIpc) is 2.84. The van der Waals surface area contributed by atoms with Crippen molar-refractivity contribution in [1.29, 1.82) is 0 Å². The second kappa shape index (κ2) is 10.4. The number of carbonyl (C=O) groups excluding carboxylic acids is 1. The number of rotatable bonds is 7. The monoisotopic (exact) mass is 432 g/mol. The molecule has 0 bridgehead atoms. The van der Waals surface area contributed by atoms with Crippen molar-refractivity contribution in [3.8, 4) is 11.3 Å². The van der Waals surface area contributed by atoms with Gasteiger partial charge in [-0.15, -0.1) is 10.2 Å². The number of benzene rings is 2. The van der Waals surface area contributed by atoms with Crippen LogP contribution < -0.4 is 10.2 Å². The van der Waals surface area contributed by atoms with Gasteiger partial charge in [-0.05, 0) is 74.6 Å². The Kier molecular flexibility index (Phi) is 7.10. The number of hydrogen-bond acceptors (Lipinski definition) is 4. The van der Waals surface area contributed by atoms with E-state index in [4.69, 9.17) is 0 Å². The summed E-state index contributed by atoms with van der Waals surface area (Å²) in [7, 11) is 0. The number of anilines is 1. The highest BCUT2D eigenvalue weighted by molar-refractivity contribution is 5.79. The van der Waals surface area contributed by atoms with Crippen LogP contribution >= 0.6 is 0 Å². The topological polar surface area (TPSA) is 58.1 Å². The Bertz CT molecular complexity index is 1000. The molecule has 6 heteroatoms. The molecule has 0 spiro atoms. The molecule has 3 aromatic rings. The van der Waals surface area contributed by atoms with Gasteiger partial charge in [0.25, 0.3) is 0 Å². The largest absolute Gasteiger partial charge is 0.355 e. The van der Waals surface area contributed by atoms with E-state index in [-0.39, 0.29) is 23.7 Å². The van der Waals surface area contributed by atoms with Crippen LogP contribution in [0.25, 0.3) is 11.3 Å². The highest BCUT2D eigenvalue weighted by Gasteiger charge is 2.26. The molecule has 1 fully saturated rings. The molecule has 32 heavy (non-hydrogen) atoms. The van der Waals surface area contributed by atoms with E-state index in [2.05, 4.69) is 39.5 Å². The molecule has 0 aliphatic carbocycles. The number of halogens is 1. The molecule has 0 saturated carbocycles. The first-order valence-corrected chi connectivity index (χ1v) is 11.3. The van der Waals surface area contributed by atoms with Crippen LogP contribution in [0.5, 0.6) is 0 Å². The van der Waals surface area contributed by atoms with Gasteiger partial charge in [-0.25, -0.2) is 4.39 Å². The molecule has 1 saturated heterocycles. The fraction of sp³-hybridized carbons (Fsp3) is 0.346. The highest BCUT2D eigenvalue weighted by Crippen LogP contribution is 2.24. The Balaban J connectivity index is 1.24. The molecule has 4 rings (SSSR count). The van der Waals surface area contributed by atoms with E-state index in [9.17, 15) is 9.18 Å². The van der Waals surface area contributed by atoms with Crippen LogP contribution in [0.1, 0.15) is 31.7 Å². The second-order valence-corrected chi connectivity index (χ2v) is 8.48. The summed E-state index contributed by atoms with van der Waals surface area (Å²) in [6, 6.07) is 20.6. The molecular weight excluding hydrogens is 403 g/mol. The van der Waals surface area contributed by atoms with Gasteiger partial charge in [-0.3, -0.25) is 4.79 Å². The van der Waals surface area contributed by atoms with E-state index in [0.717, 1.165) is 50.2 Å². The summed E-state index contributed by atoms with van der Waals surface area (Å²) in [5.41, 5.74) is 2.85. The van der Waals surface area contributed by atoms with Crippen LogP contribution in [0.3, 0.4) is 0 Å². The van der Waals surface area contributed by atoms with Crippen LogP contribution in [0, 0.1) is 11.7 Å². The number of amides is 1. The molecule has 166 valence electrons. The van der Waals surface area contributed by atoms with Crippen molar-refractivity contribution in [3.63, 3.8) is 0 Å². The molecule has 5 nitrogen and oxygen atoms in total.